The number of nitrogens with one attached hydrogen (secondary N) is 2. The van der Waals surface area contributed by atoms with Gasteiger partial charge < -0.3 is 19.9 Å². The SMILES string of the molecule is CC(C)(C)OC(=O)N1CCC(c2cc(=O)[nH]c3c4c(NC(=O)c5cccc(Cl)c5)cccc4nn23)CC1. The zero-order chi connectivity index (χ0) is 26.3. The number of carbonyl (C=O) groups excluding carboxylic acids is 2. The van der Waals surface area contributed by atoms with E-state index in [4.69, 9.17) is 21.4 Å². The fourth-order valence-corrected chi connectivity index (χ4v) is 4.88. The van der Waals surface area contributed by atoms with Crippen LogP contribution in [0.1, 0.15) is 55.6 Å². The van der Waals surface area contributed by atoms with Crippen LogP contribution in [-0.4, -0.2) is 50.2 Å². The Morgan fingerprint density at radius 1 is 1.11 bits per heavy atom. The maximum atomic E-state index is 12.9. The Morgan fingerprint density at radius 3 is 2.54 bits per heavy atom. The number of amides is 2. The maximum Gasteiger partial charge on any atom is 0.410 e. The molecular formula is C27H28ClN5O4. The molecule has 9 nitrogen and oxygen atoms in total. The van der Waals surface area contributed by atoms with E-state index in [9.17, 15) is 14.4 Å². The van der Waals surface area contributed by atoms with Gasteiger partial charge in [-0.3, -0.25) is 9.59 Å². The number of rotatable bonds is 3. The molecule has 2 amide bonds. The largest absolute Gasteiger partial charge is 0.444 e. The standard InChI is InChI=1S/C27H28ClN5O4/c1-27(2,3)37-26(36)32-12-10-16(11-13-32)21-15-22(34)30-24-23-19(8-5-9-20(23)31-33(21)24)29-25(35)17-6-4-7-18(28)14-17/h4-9,14-16H,10-13H2,1-3H3,(H,29,35)(H,30,34). The first-order chi connectivity index (χ1) is 17.6. The Bertz CT molecular complexity index is 1560. The van der Waals surface area contributed by atoms with Crippen molar-refractivity contribution in [1.82, 2.24) is 19.5 Å². The second-order valence-electron chi connectivity index (χ2n) is 10.2. The molecule has 10 heteroatoms. The number of carbonyl (C=O) groups is 2. The van der Waals surface area contributed by atoms with Gasteiger partial charge in [-0.25, -0.2) is 9.31 Å². The number of ether oxygens (including phenoxy) is 1. The van der Waals surface area contributed by atoms with Crippen LogP contribution < -0.4 is 10.9 Å². The molecule has 1 aliphatic rings. The monoisotopic (exact) mass is 521 g/mol. The van der Waals surface area contributed by atoms with Crippen molar-refractivity contribution in [2.45, 2.75) is 45.1 Å². The van der Waals surface area contributed by atoms with Gasteiger partial charge in [-0.05, 0) is 63.9 Å². The van der Waals surface area contributed by atoms with Crippen LogP contribution in [-0.2, 0) is 4.74 Å². The first-order valence-corrected chi connectivity index (χ1v) is 12.6. The van der Waals surface area contributed by atoms with E-state index in [-0.39, 0.29) is 23.5 Å². The number of aromatic nitrogens is 3. The topological polar surface area (TPSA) is 109 Å². The molecule has 3 heterocycles. The summed E-state index contributed by atoms with van der Waals surface area (Å²) in [5, 5.41) is 8.80. The lowest BCUT2D eigenvalue weighted by molar-refractivity contribution is 0.0203. The van der Waals surface area contributed by atoms with Crippen LogP contribution in [0.15, 0.2) is 53.3 Å². The minimum absolute atomic E-state index is 0.0299. The molecule has 0 unspecified atom stereocenters. The molecule has 2 aromatic carbocycles. The Balaban J connectivity index is 1.46. The van der Waals surface area contributed by atoms with Gasteiger partial charge >= 0.3 is 6.09 Å². The predicted molar refractivity (Wildman–Crippen MR) is 143 cm³/mol. The summed E-state index contributed by atoms with van der Waals surface area (Å²) in [4.78, 5) is 42.7. The highest BCUT2D eigenvalue weighted by Crippen LogP contribution is 2.32. The van der Waals surface area contributed by atoms with Crippen molar-refractivity contribution < 1.29 is 14.3 Å². The molecule has 1 fully saturated rings. The Labute approximate surface area is 218 Å². The molecule has 4 aromatic rings. The van der Waals surface area contributed by atoms with Crippen molar-refractivity contribution >= 4 is 45.8 Å². The summed E-state index contributed by atoms with van der Waals surface area (Å²) in [6.07, 6.45) is 1.02. The third kappa shape index (κ3) is 5.17. The predicted octanol–water partition coefficient (Wildman–Crippen LogP) is 5.20. The molecule has 2 N–H and O–H groups in total. The van der Waals surface area contributed by atoms with Gasteiger partial charge in [0, 0.05) is 35.7 Å². The van der Waals surface area contributed by atoms with Crippen molar-refractivity contribution in [2.75, 3.05) is 18.4 Å². The molecule has 1 saturated heterocycles. The van der Waals surface area contributed by atoms with Crippen molar-refractivity contribution in [2.24, 2.45) is 0 Å². The fourth-order valence-electron chi connectivity index (χ4n) is 4.69. The van der Waals surface area contributed by atoms with Crippen molar-refractivity contribution in [3.63, 3.8) is 0 Å². The number of aromatic amines is 1. The van der Waals surface area contributed by atoms with Crippen molar-refractivity contribution in [3.05, 3.63) is 75.2 Å². The molecule has 5 rings (SSSR count). The van der Waals surface area contributed by atoms with Crippen LogP contribution in [0.3, 0.4) is 0 Å². The van der Waals surface area contributed by atoms with Crippen LogP contribution >= 0.6 is 11.6 Å². The molecule has 0 radical (unpaired) electrons. The van der Waals surface area contributed by atoms with Gasteiger partial charge in [0.05, 0.1) is 22.3 Å². The number of nitrogens with zero attached hydrogens (tertiary/aromatic N) is 3. The highest BCUT2D eigenvalue weighted by Gasteiger charge is 2.29. The number of hydrogen-bond donors (Lipinski definition) is 2. The third-order valence-electron chi connectivity index (χ3n) is 6.36. The number of halogens is 1. The highest BCUT2D eigenvalue weighted by atomic mass is 35.5. The second kappa shape index (κ2) is 9.55. The van der Waals surface area contributed by atoms with Gasteiger partial charge in [0.2, 0.25) is 0 Å². The normalized spacial score (nSPS) is 14.8. The summed E-state index contributed by atoms with van der Waals surface area (Å²) in [5.41, 5.74) is 2.06. The van der Waals surface area contributed by atoms with Crippen LogP contribution in [0.2, 0.25) is 5.02 Å². The van der Waals surface area contributed by atoms with Gasteiger partial charge in [0.1, 0.15) is 11.2 Å². The zero-order valence-electron chi connectivity index (χ0n) is 20.9. The van der Waals surface area contributed by atoms with Crippen LogP contribution in [0.4, 0.5) is 10.5 Å². The fraction of sp³-hybridized carbons (Fsp3) is 0.333. The number of H-pyrrole nitrogens is 1. The van der Waals surface area contributed by atoms with E-state index in [0.717, 1.165) is 5.69 Å². The van der Waals surface area contributed by atoms with E-state index in [1.807, 2.05) is 26.8 Å². The Kier molecular flexibility index (Phi) is 6.41. The minimum Gasteiger partial charge on any atom is -0.444 e. The number of benzene rings is 2. The average Bonchev–Trinajstić information content (AvgIpc) is 3.22. The van der Waals surface area contributed by atoms with Crippen LogP contribution in [0.25, 0.3) is 16.6 Å². The van der Waals surface area contributed by atoms with Gasteiger partial charge in [0.25, 0.3) is 11.5 Å². The summed E-state index contributed by atoms with van der Waals surface area (Å²) in [7, 11) is 0. The summed E-state index contributed by atoms with van der Waals surface area (Å²) >= 11 is 6.05. The maximum absolute atomic E-state index is 12.9. The van der Waals surface area contributed by atoms with Crippen LogP contribution in [0, 0.1) is 0 Å². The molecule has 1 aliphatic heterocycles. The van der Waals surface area contributed by atoms with E-state index in [0.29, 0.717) is 58.8 Å². The molecule has 0 spiro atoms. The summed E-state index contributed by atoms with van der Waals surface area (Å²) in [6, 6.07) is 13.7. The van der Waals surface area contributed by atoms with E-state index in [1.54, 1.807) is 51.9 Å². The smallest absolute Gasteiger partial charge is 0.410 e. The van der Waals surface area contributed by atoms with Crippen molar-refractivity contribution in [3.8, 4) is 0 Å². The average molecular weight is 522 g/mol. The molecule has 2 aromatic heterocycles. The number of hydrogen-bond acceptors (Lipinski definition) is 5. The molecular weight excluding hydrogens is 494 g/mol. The summed E-state index contributed by atoms with van der Waals surface area (Å²) < 4.78 is 7.25. The summed E-state index contributed by atoms with van der Waals surface area (Å²) in [6.45, 7) is 6.58. The second-order valence-corrected chi connectivity index (χ2v) is 10.7. The van der Waals surface area contributed by atoms with E-state index >= 15 is 0 Å². The lowest BCUT2D eigenvalue weighted by atomic mass is 9.93. The molecule has 0 bridgehead atoms. The Morgan fingerprint density at radius 2 is 1.84 bits per heavy atom. The van der Waals surface area contributed by atoms with E-state index in [2.05, 4.69) is 10.3 Å². The molecule has 0 atom stereocenters. The quantitative estimate of drug-likeness (QED) is 0.385. The zero-order valence-corrected chi connectivity index (χ0v) is 21.6. The van der Waals surface area contributed by atoms with E-state index < -0.39 is 5.60 Å². The van der Waals surface area contributed by atoms with Gasteiger partial charge in [-0.2, -0.15) is 5.10 Å². The highest BCUT2D eigenvalue weighted by molar-refractivity contribution is 6.31. The van der Waals surface area contributed by atoms with Gasteiger partial charge in [-0.15, -0.1) is 0 Å². The summed E-state index contributed by atoms with van der Waals surface area (Å²) in [5.74, 6) is -0.287. The van der Waals surface area contributed by atoms with E-state index in [1.165, 1.54) is 0 Å². The van der Waals surface area contributed by atoms with Crippen LogP contribution in [0.5, 0.6) is 0 Å². The molecule has 0 aliphatic carbocycles. The number of piperidine rings is 1. The van der Waals surface area contributed by atoms with Crippen molar-refractivity contribution in [1.29, 1.82) is 0 Å². The lowest BCUT2D eigenvalue weighted by Crippen LogP contribution is -2.41. The number of likely N-dealkylation sites (tertiary alicyclic amines) is 1. The first kappa shape index (κ1) is 24.8. The minimum atomic E-state index is -0.554. The molecule has 0 saturated carbocycles. The molecule has 37 heavy (non-hydrogen) atoms. The first-order valence-electron chi connectivity index (χ1n) is 12.2. The lowest BCUT2D eigenvalue weighted by Gasteiger charge is -2.33. The third-order valence-corrected chi connectivity index (χ3v) is 6.60. The Hall–Kier alpha value is -3.85. The number of anilines is 1. The number of fused-ring (bicyclic) bond motifs is 3. The van der Waals surface area contributed by atoms with Gasteiger partial charge in [0.15, 0.2) is 0 Å². The van der Waals surface area contributed by atoms with Gasteiger partial charge in [-0.1, -0.05) is 23.7 Å². The molecule has 192 valence electrons.